The maximum absolute atomic E-state index is 15.5. The molecule has 4 atom stereocenters. The molecule has 6 aliphatic carbocycles. The molecule has 0 heterocycles. The molecule has 0 aliphatic heterocycles. The van der Waals surface area contributed by atoms with E-state index in [0.717, 1.165) is 0 Å². The molecule has 4 bridgehead atoms. The van der Waals surface area contributed by atoms with Gasteiger partial charge >= 0.3 is 23.7 Å². The van der Waals surface area contributed by atoms with Crippen LogP contribution in [0.25, 0.3) is 0 Å². The average Bonchev–Trinajstić information content (AvgIpc) is 2.56. The predicted octanol–water partition coefficient (Wildman–Crippen LogP) is 5.60. The molecule has 12 heteroatoms. The summed E-state index contributed by atoms with van der Waals surface area (Å²) in [4.78, 5) is 0. The summed E-state index contributed by atoms with van der Waals surface area (Å²) in [5, 5.41) is 0. The molecular weight excluding hydrogens is 420 g/mol. The zero-order chi connectivity index (χ0) is 21.7. The number of rotatable bonds is 0. The van der Waals surface area contributed by atoms with Crippen LogP contribution in [0.3, 0.4) is 0 Å². The summed E-state index contributed by atoms with van der Waals surface area (Å²) in [6, 6.07) is 0. The van der Waals surface area contributed by atoms with Gasteiger partial charge in [0.1, 0.15) is 0 Å². The first-order valence-corrected chi connectivity index (χ1v) is 7.68. The SMILES string of the molecule is CC1=C(C)C2(F)C3=C(C4(F)C=CC3(F)C(F)(F)C4(F)F)C1(F)C(F)(F)C2(F)F. The van der Waals surface area contributed by atoms with Gasteiger partial charge in [0.15, 0.2) is 0 Å². The number of halogens is 12. The fourth-order valence-corrected chi connectivity index (χ4v) is 4.70. The highest BCUT2D eigenvalue weighted by Gasteiger charge is 2.97. The molecule has 0 amide bonds. The third-order valence-electron chi connectivity index (χ3n) is 6.37. The summed E-state index contributed by atoms with van der Waals surface area (Å²) in [5.41, 5.74) is -29.5. The Balaban J connectivity index is 2.30. The molecule has 0 saturated heterocycles. The summed E-state index contributed by atoms with van der Waals surface area (Å²) in [6.45, 7) is 0.597. The number of hydrogen-bond acceptors (Lipinski definition) is 0. The zero-order valence-electron chi connectivity index (χ0n) is 13.7. The van der Waals surface area contributed by atoms with Crippen LogP contribution in [0.1, 0.15) is 13.8 Å². The number of hydrogen-bond donors (Lipinski definition) is 0. The quantitative estimate of drug-likeness (QED) is 0.348. The Hall–Kier alpha value is -1.62. The van der Waals surface area contributed by atoms with Crippen LogP contribution in [-0.4, -0.2) is 46.4 Å². The van der Waals surface area contributed by atoms with Crippen LogP contribution in [0.15, 0.2) is 34.4 Å². The number of allylic oxidation sites excluding steroid dienone is 6. The average molecular weight is 428 g/mol. The normalized spacial score (nSPS) is 48.9. The Bertz CT molecular complexity index is 854. The second-order valence-corrected chi connectivity index (χ2v) is 7.37. The summed E-state index contributed by atoms with van der Waals surface area (Å²) in [5.74, 6) is -24.7. The van der Waals surface area contributed by atoms with Crippen molar-refractivity contribution in [3.05, 3.63) is 34.4 Å². The van der Waals surface area contributed by atoms with Crippen molar-refractivity contribution < 1.29 is 52.7 Å². The molecule has 4 unspecified atom stereocenters. The van der Waals surface area contributed by atoms with E-state index in [1.54, 1.807) is 0 Å². The summed E-state index contributed by atoms with van der Waals surface area (Å²) >= 11 is 0. The van der Waals surface area contributed by atoms with E-state index in [4.69, 9.17) is 0 Å². The lowest BCUT2D eigenvalue weighted by atomic mass is 9.46. The Morgan fingerprint density at radius 3 is 0.964 bits per heavy atom. The van der Waals surface area contributed by atoms with Gasteiger partial charge in [-0.3, -0.25) is 0 Å². The first kappa shape index (κ1) is 19.7. The lowest BCUT2D eigenvalue weighted by Gasteiger charge is -2.64. The van der Waals surface area contributed by atoms with Crippen LogP contribution in [-0.2, 0) is 0 Å². The van der Waals surface area contributed by atoms with Gasteiger partial charge in [-0.25, -0.2) is 17.6 Å². The fraction of sp³-hybridized carbons (Fsp3) is 0.625. The maximum Gasteiger partial charge on any atom is 0.355 e. The molecule has 6 aliphatic rings. The van der Waals surface area contributed by atoms with E-state index in [1.165, 1.54) is 0 Å². The van der Waals surface area contributed by atoms with Gasteiger partial charge in [0, 0.05) is 11.1 Å². The molecule has 0 nitrogen and oxygen atoms in total. The molecule has 156 valence electrons. The van der Waals surface area contributed by atoms with Crippen LogP contribution in [0.4, 0.5) is 52.7 Å². The predicted molar refractivity (Wildman–Crippen MR) is 69.7 cm³/mol. The van der Waals surface area contributed by atoms with Gasteiger partial charge in [-0.15, -0.1) is 0 Å². The van der Waals surface area contributed by atoms with Gasteiger partial charge in [0.25, 0.3) is 0 Å². The molecule has 6 rings (SSSR count). The number of fused-ring (bicyclic) bond motifs is 2. The molecule has 0 aromatic heterocycles. The van der Waals surface area contributed by atoms with Crippen LogP contribution in [0, 0.1) is 0 Å². The first-order chi connectivity index (χ1) is 12.3. The Kier molecular flexibility index (Phi) is 2.91. The lowest BCUT2D eigenvalue weighted by Crippen LogP contribution is -2.84. The standard InChI is InChI=1S/C16H8F12/c1-5-6(2)12(20)8-7(11(5,19)15(25,26)16(12,27)28)9(17)3-4-10(8,18)14(23,24)13(9,21)22/h3-4H,1-2H3. The second kappa shape index (κ2) is 4.14. The van der Waals surface area contributed by atoms with Crippen molar-refractivity contribution in [1.82, 2.24) is 0 Å². The molecule has 0 radical (unpaired) electrons. The van der Waals surface area contributed by atoms with Gasteiger partial charge in [-0.05, 0) is 37.1 Å². The molecule has 0 fully saturated rings. The minimum absolute atomic E-state index is 0.299. The van der Waals surface area contributed by atoms with Crippen molar-refractivity contribution in [2.75, 3.05) is 0 Å². The van der Waals surface area contributed by atoms with Crippen molar-refractivity contribution >= 4 is 0 Å². The summed E-state index contributed by atoms with van der Waals surface area (Å²) in [6.07, 6.45) is -1.29. The van der Waals surface area contributed by atoms with Crippen molar-refractivity contribution in [3.8, 4) is 0 Å². The Morgan fingerprint density at radius 2 is 0.714 bits per heavy atom. The minimum Gasteiger partial charge on any atom is -0.227 e. The van der Waals surface area contributed by atoms with Crippen molar-refractivity contribution in [1.29, 1.82) is 0 Å². The van der Waals surface area contributed by atoms with E-state index >= 15 is 17.6 Å². The zero-order valence-corrected chi connectivity index (χ0v) is 13.7. The van der Waals surface area contributed by atoms with E-state index in [9.17, 15) is 35.1 Å². The van der Waals surface area contributed by atoms with E-state index in [1.807, 2.05) is 0 Å². The summed E-state index contributed by atoms with van der Waals surface area (Å²) < 4.78 is 176. The molecule has 0 aromatic rings. The first-order valence-electron chi connectivity index (χ1n) is 7.68. The second-order valence-electron chi connectivity index (χ2n) is 7.37. The van der Waals surface area contributed by atoms with Crippen LogP contribution in [0.2, 0.25) is 0 Å². The van der Waals surface area contributed by atoms with Gasteiger partial charge in [0.2, 0.25) is 22.7 Å². The highest BCUT2D eigenvalue weighted by Crippen LogP contribution is 2.78. The van der Waals surface area contributed by atoms with Gasteiger partial charge < -0.3 is 0 Å². The highest BCUT2D eigenvalue weighted by atomic mass is 19.3. The van der Waals surface area contributed by atoms with Gasteiger partial charge in [0.05, 0.1) is 0 Å². The van der Waals surface area contributed by atoms with Crippen LogP contribution < -0.4 is 0 Å². The third kappa shape index (κ3) is 1.25. The van der Waals surface area contributed by atoms with E-state index in [-0.39, 0.29) is 0 Å². The van der Waals surface area contributed by atoms with E-state index < -0.39 is 80.8 Å². The van der Waals surface area contributed by atoms with Crippen molar-refractivity contribution in [2.45, 2.75) is 60.2 Å². The van der Waals surface area contributed by atoms with Crippen LogP contribution in [0.5, 0.6) is 0 Å². The molecule has 28 heavy (non-hydrogen) atoms. The molecule has 0 N–H and O–H groups in total. The largest absolute Gasteiger partial charge is 0.355 e. The van der Waals surface area contributed by atoms with E-state index in [2.05, 4.69) is 0 Å². The Morgan fingerprint density at radius 1 is 0.464 bits per heavy atom. The van der Waals surface area contributed by atoms with Gasteiger partial charge in [-0.1, -0.05) is 0 Å². The van der Waals surface area contributed by atoms with Crippen LogP contribution >= 0.6 is 0 Å². The topological polar surface area (TPSA) is 0 Å². The lowest BCUT2D eigenvalue weighted by molar-refractivity contribution is -0.346. The highest BCUT2D eigenvalue weighted by molar-refractivity contribution is 5.72. The minimum atomic E-state index is -6.18. The van der Waals surface area contributed by atoms with Gasteiger partial charge in [-0.2, -0.15) is 35.1 Å². The molecule has 0 saturated carbocycles. The van der Waals surface area contributed by atoms with E-state index in [0.29, 0.717) is 13.8 Å². The summed E-state index contributed by atoms with van der Waals surface area (Å²) in [7, 11) is 0. The monoisotopic (exact) mass is 428 g/mol. The molecule has 0 spiro atoms. The molecule has 0 aromatic carbocycles. The fourth-order valence-electron chi connectivity index (χ4n) is 4.70. The maximum atomic E-state index is 15.5. The number of alkyl halides is 12. The van der Waals surface area contributed by atoms with Crippen molar-refractivity contribution in [2.24, 2.45) is 0 Å². The smallest absolute Gasteiger partial charge is 0.227 e. The third-order valence-corrected chi connectivity index (χ3v) is 6.37. The molecular formula is C16H8F12. The Labute approximate surface area is 148 Å². The van der Waals surface area contributed by atoms with Crippen molar-refractivity contribution in [3.63, 3.8) is 0 Å².